The van der Waals surface area contributed by atoms with Gasteiger partial charge in [-0.15, -0.1) is 0 Å². The maximum atomic E-state index is 12.4. The molecule has 0 aromatic heterocycles. The smallest absolute Gasteiger partial charge is 0.427 e. The minimum atomic E-state index is -5.03. The Kier molecular flexibility index (Phi) is 5.69. The van der Waals surface area contributed by atoms with Crippen molar-refractivity contribution >= 4 is 7.12 Å². The van der Waals surface area contributed by atoms with E-state index in [0.29, 0.717) is 0 Å². The molecule has 0 fully saturated rings. The molecule has 0 unspecified atom stereocenters. The first kappa shape index (κ1) is 16.8. The Morgan fingerprint density at radius 2 is 1.44 bits per heavy atom. The maximum absolute atomic E-state index is 12.4. The van der Waals surface area contributed by atoms with Crippen LogP contribution in [0.4, 0.5) is 26.3 Å². The average molecular weight is 274 g/mol. The summed E-state index contributed by atoms with van der Waals surface area (Å²) in [6.07, 6.45) is -10.5. The first-order valence-corrected chi connectivity index (χ1v) is 4.53. The normalized spacial score (nSPS) is 14.7. The Balaban J connectivity index is 5.42. The molecule has 0 atom stereocenters. The highest BCUT2D eigenvalue weighted by atomic mass is 19.4. The highest BCUT2D eigenvalue weighted by molar-refractivity contribution is 6.41. The molecule has 102 valence electrons. The van der Waals surface area contributed by atoms with Gasteiger partial charge in [-0.25, -0.2) is 0 Å². The summed E-state index contributed by atoms with van der Waals surface area (Å²) in [5, 5.41) is 16.8. The van der Waals surface area contributed by atoms with Crippen molar-refractivity contribution in [1.82, 2.24) is 0 Å². The predicted octanol–water partition coefficient (Wildman–Crippen LogP) is 2.62. The predicted molar refractivity (Wildman–Crippen MR) is 53.5 cm³/mol. The third-order valence-electron chi connectivity index (χ3n) is 1.73. The number of hydrogen-bond acceptors (Lipinski definition) is 2. The van der Waals surface area contributed by atoms with Gasteiger partial charge >= 0.3 is 19.5 Å². The first-order valence-electron chi connectivity index (χ1n) is 4.53. The zero-order valence-electron chi connectivity index (χ0n) is 8.89. The van der Waals surface area contributed by atoms with Crippen molar-refractivity contribution in [2.75, 3.05) is 0 Å². The summed E-state index contributed by atoms with van der Waals surface area (Å²) in [4.78, 5) is 0. The van der Waals surface area contributed by atoms with Crippen LogP contribution in [0, 0.1) is 0 Å². The minimum absolute atomic E-state index is 0.143. The molecule has 0 aliphatic heterocycles. The molecule has 0 amide bonds. The summed E-state index contributed by atoms with van der Waals surface area (Å²) in [6.45, 7) is 2.78. The molecule has 0 aromatic rings. The SMILES string of the molecule is C=C/C(=C\C(=C/CB(O)O)C(F)(F)F)C(F)(F)F. The largest absolute Gasteiger partial charge is 0.455 e. The average Bonchev–Trinajstić information content (AvgIpc) is 2.13. The van der Waals surface area contributed by atoms with Crippen molar-refractivity contribution in [3.63, 3.8) is 0 Å². The molecule has 2 N–H and O–H groups in total. The van der Waals surface area contributed by atoms with Crippen molar-refractivity contribution in [3.8, 4) is 0 Å². The fourth-order valence-electron chi connectivity index (χ4n) is 0.913. The molecular formula is C9H9BF6O2. The summed E-state index contributed by atoms with van der Waals surface area (Å²) in [6, 6.07) is 0. The molecule has 0 radical (unpaired) electrons. The van der Waals surface area contributed by atoms with E-state index in [2.05, 4.69) is 6.58 Å². The fourth-order valence-corrected chi connectivity index (χ4v) is 0.913. The van der Waals surface area contributed by atoms with E-state index < -0.39 is 36.9 Å². The topological polar surface area (TPSA) is 40.5 Å². The lowest BCUT2D eigenvalue weighted by Crippen LogP contribution is -2.16. The second-order valence-corrected chi connectivity index (χ2v) is 3.18. The zero-order chi connectivity index (χ0) is 14.6. The molecule has 0 spiro atoms. The molecular weight excluding hydrogens is 265 g/mol. The lowest BCUT2D eigenvalue weighted by molar-refractivity contribution is -0.0934. The Morgan fingerprint density at radius 1 is 1.00 bits per heavy atom. The van der Waals surface area contributed by atoms with Crippen molar-refractivity contribution in [3.05, 3.63) is 36.0 Å². The van der Waals surface area contributed by atoms with Crippen molar-refractivity contribution in [1.29, 1.82) is 0 Å². The van der Waals surface area contributed by atoms with Crippen LogP contribution in [0.2, 0.25) is 6.32 Å². The summed E-state index contributed by atoms with van der Waals surface area (Å²) in [7, 11) is -2.08. The molecule has 0 saturated heterocycles. The van der Waals surface area contributed by atoms with E-state index in [0.717, 1.165) is 0 Å². The van der Waals surface area contributed by atoms with Gasteiger partial charge in [-0.2, -0.15) is 26.3 Å². The van der Waals surface area contributed by atoms with Gasteiger partial charge in [0.2, 0.25) is 0 Å². The van der Waals surface area contributed by atoms with Gasteiger partial charge < -0.3 is 10.0 Å². The van der Waals surface area contributed by atoms with Crippen LogP contribution >= 0.6 is 0 Å². The summed E-state index contributed by atoms with van der Waals surface area (Å²) in [5.74, 6) is 0. The summed E-state index contributed by atoms with van der Waals surface area (Å²) < 4.78 is 73.8. The Morgan fingerprint density at radius 3 is 1.72 bits per heavy atom. The standard InChI is InChI=1S/C9H9BF6O2/c1-2-6(8(11,12)13)5-7(9(14,15)16)3-4-10(17)18/h2-3,5,17-18H,1,4H2/b6-5+,7-3+. The van der Waals surface area contributed by atoms with Gasteiger partial charge in [0.1, 0.15) is 0 Å². The third kappa shape index (κ3) is 5.92. The molecule has 0 heterocycles. The Bertz CT molecular complexity index is 353. The van der Waals surface area contributed by atoms with E-state index in [9.17, 15) is 26.3 Å². The minimum Gasteiger partial charge on any atom is -0.427 e. The van der Waals surface area contributed by atoms with E-state index in [-0.39, 0.29) is 18.2 Å². The van der Waals surface area contributed by atoms with E-state index in [1.165, 1.54) is 0 Å². The monoisotopic (exact) mass is 274 g/mol. The van der Waals surface area contributed by atoms with Gasteiger partial charge in [0.25, 0.3) is 0 Å². The molecule has 0 aliphatic carbocycles. The molecule has 0 rings (SSSR count). The lowest BCUT2D eigenvalue weighted by Gasteiger charge is -2.12. The van der Waals surface area contributed by atoms with E-state index in [1.54, 1.807) is 0 Å². The van der Waals surface area contributed by atoms with E-state index in [4.69, 9.17) is 10.0 Å². The van der Waals surface area contributed by atoms with E-state index in [1.807, 2.05) is 0 Å². The van der Waals surface area contributed by atoms with Crippen LogP contribution in [-0.2, 0) is 0 Å². The van der Waals surface area contributed by atoms with Crippen LogP contribution in [0.5, 0.6) is 0 Å². The maximum Gasteiger partial charge on any atom is 0.455 e. The van der Waals surface area contributed by atoms with E-state index >= 15 is 0 Å². The molecule has 0 aromatic carbocycles. The number of allylic oxidation sites excluding steroid dienone is 5. The van der Waals surface area contributed by atoms with Crippen LogP contribution < -0.4 is 0 Å². The van der Waals surface area contributed by atoms with Crippen molar-refractivity contribution in [2.24, 2.45) is 0 Å². The van der Waals surface area contributed by atoms with Gasteiger partial charge in [-0.3, -0.25) is 0 Å². The number of hydrogen-bond donors (Lipinski definition) is 2. The Labute approximate surface area is 99.1 Å². The number of rotatable bonds is 4. The van der Waals surface area contributed by atoms with Crippen LogP contribution in [0.3, 0.4) is 0 Å². The molecule has 0 saturated carbocycles. The van der Waals surface area contributed by atoms with Crippen molar-refractivity contribution in [2.45, 2.75) is 18.7 Å². The summed E-state index contributed by atoms with van der Waals surface area (Å²) >= 11 is 0. The second kappa shape index (κ2) is 6.10. The number of alkyl halides is 6. The van der Waals surface area contributed by atoms with Gasteiger partial charge in [0, 0.05) is 6.32 Å². The lowest BCUT2D eigenvalue weighted by atomic mass is 9.85. The van der Waals surface area contributed by atoms with Gasteiger partial charge in [-0.05, 0) is 6.08 Å². The molecule has 18 heavy (non-hydrogen) atoms. The van der Waals surface area contributed by atoms with Crippen LogP contribution in [0.15, 0.2) is 36.0 Å². The van der Waals surface area contributed by atoms with Crippen LogP contribution in [0.25, 0.3) is 0 Å². The second-order valence-electron chi connectivity index (χ2n) is 3.18. The molecule has 9 heteroatoms. The number of halogens is 6. The molecule has 2 nitrogen and oxygen atoms in total. The van der Waals surface area contributed by atoms with Crippen molar-refractivity contribution < 1.29 is 36.4 Å². The van der Waals surface area contributed by atoms with Crippen LogP contribution in [0.1, 0.15) is 0 Å². The quantitative estimate of drug-likeness (QED) is 0.470. The van der Waals surface area contributed by atoms with Gasteiger partial charge in [0.05, 0.1) is 11.1 Å². The molecule has 0 aliphatic rings. The fraction of sp³-hybridized carbons (Fsp3) is 0.333. The highest BCUT2D eigenvalue weighted by Gasteiger charge is 2.37. The first-order chi connectivity index (χ1) is 7.98. The Hall–Kier alpha value is -1.22. The zero-order valence-corrected chi connectivity index (χ0v) is 8.89. The third-order valence-corrected chi connectivity index (χ3v) is 1.73. The highest BCUT2D eigenvalue weighted by Crippen LogP contribution is 2.33. The van der Waals surface area contributed by atoms with Crippen LogP contribution in [-0.4, -0.2) is 29.5 Å². The van der Waals surface area contributed by atoms with Gasteiger partial charge in [-0.1, -0.05) is 18.7 Å². The van der Waals surface area contributed by atoms with Gasteiger partial charge in [0.15, 0.2) is 0 Å². The summed E-state index contributed by atoms with van der Waals surface area (Å²) in [5.41, 5.74) is -3.19. The molecule has 0 bridgehead atoms.